The maximum Gasteiger partial charge on any atom is 0.418 e. The first-order chi connectivity index (χ1) is 9.88. The number of rotatable bonds is 3. The fraction of sp³-hybridized carbons (Fsp3) is 0.500. The molecule has 1 aromatic carbocycles. The lowest BCUT2D eigenvalue weighted by atomic mass is 10.0. The average Bonchev–Trinajstić information content (AvgIpc) is 2.45. The number of hydrogen-bond acceptors (Lipinski definition) is 3. The number of hydrogen-bond donors (Lipinski definition) is 2. The van der Waals surface area contributed by atoms with Gasteiger partial charge in [0, 0.05) is 24.4 Å². The van der Waals surface area contributed by atoms with Crippen LogP contribution in [-0.4, -0.2) is 25.7 Å². The number of carbonyl (C=O) groups is 1. The molecule has 0 aromatic heterocycles. The number of carbonyl (C=O) groups excluding carboxylic acids is 1. The van der Waals surface area contributed by atoms with Gasteiger partial charge in [0.15, 0.2) is 0 Å². The van der Waals surface area contributed by atoms with Gasteiger partial charge in [-0.2, -0.15) is 13.2 Å². The first-order valence-electron chi connectivity index (χ1n) is 6.70. The SMILES string of the molecule is Nc1ccc(C(=O)NCC2CCCOC2)cc1C(F)(F)F. The summed E-state index contributed by atoms with van der Waals surface area (Å²) in [6, 6.07) is 3.17. The molecule has 1 heterocycles. The third-order valence-electron chi connectivity index (χ3n) is 3.43. The van der Waals surface area contributed by atoms with Gasteiger partial charge in [-0.25, -0.2) is 0 Å². The minimum Gasteiger partial charge on any atom is -0.398 e. The highest BCUT2D eigenvalue weighted by Crippen LogP contribution is 2.34. The number of amides is 1. The lowest BCUT2D eigenvalue weighted by molar-refractivity contribution is -0.136. The Hall–Kier alpha value is -1.76. The number of nitrogens with two attached hydrogens (primary N) is 1. The van der Waals surface area contributed by atoms with Crippen molar-refractivity contribution >= 4 is 11.6 Å². The summed E-state index contributed by atoms with van der Waals surface area (Å²) in [5.74, 6) is -0.329. The van der Waals surface area contributed by atoms with Crippen molar-refractivity contribution in [3.8, 4) is 0 Å². The van der Waals surface area contributed by atoms with Gasteiger partial charge < -0.3 is 15.8 Å². The Morgan fingerprint density at radius 2 is 2.19 bits per heavy atom. The Balaban J connectivity index is 2.02. The van der Waals surface area contributed by atoms with Crippen LogP contribution in [0.4, 0.5) is 18.9 Å². The highest BCUT2D eigenvalue weighted by atomic mass is 19.4. The number of benzene rings is 1. The Kier molecular flexibility index (Phi) is 4.72. The monoisotopic (exact) mass is 302 g/mol. The van der Waals surface area contributed by atoms with E-state index in [4.69, 9.17) is 10.5 Å². The molecule has 0 saturated carbocycles. The molecule has 21 heavy (non-hydrogen) atoms. The van der Waals surface area contributed by atoms with Crippen molar-refractivity contribution < 1.29 is 22.7 Å². The largest absolute Gasteiger partial charge is 0.418 e. The minimum atomic E-state index is -4.57. The number of nitrogen functional groups attached to an aromatic ring is 1. The molecule has 1 aromatic rings. The smallest absolute Gasteiger partial charge is 0.398 e. The third-order valence-corrected chi connectivity index (χ3v) is 3.43. The minimum absolute atomic E-state index is 0.0479. The zero-order valence-electron chi connectivity index (χ0n) is 11.4. The van der Waals surface area contributed by atoms with Crippen molar-refractivity contribution in [1.82, 2.24) is 5.32 Å². The van der Waals surface area contributed by atoms with Gasteiger partial charge in [-0.1, -0.05) is 0 Å². The quantitative estimate of drug-likeness (QED) is 0.843. The van der Waals surface area contributed by atoms with Crippen LogP contribution in [0.5, 0.6) is 0 Å². The topological polar surface area (TPSA) is 64.4 Å². The molecule has 1 saturated heterocycles. The van der Waals surface area contributed by atoms with Crippen molar-refractivity contribution in [3.05, 3.63) is 29.3 Å². The van der Waals surface area contributed by atoms with Gasteiger partial charge in [-0.3, -0.25) is 4.79 Å². The summed E-state index contributed by atoms with van der Waals surface area (Å²) in [5, 5.41) is 2.64. The number of nitrogens with one attached hydrogen (secondary N) is 1. The number of ether oxygens (including phenoxy) is 1. The molecule has 1 atom stereocenters. The van der Waals surface area contributed by atoms with Crippen LogP contribution in [0, 0.1) is 5.92 Å². The molecule has 0 bridgehead atoms. The second-order valence-corrected chi connectivity index (χ2v) is 5.09. The van der Waals surface area contributed by atoms with Gasteiger partial charge in [-0.15, -0.1) is 0 Å². The van der Waals surface area contributed by atoms with Crippen LogP contribution in [0.3, 0.4) is 0 Å². The van der Waals surface area contributed by atoms with E-state index >= 15 is 0 Å². The molecule has 1 fully saturated rings. The predicted molar refractivity (Wildman–Crippen MR) is 71.7 cm³/mol. The highest BCUT2D eigenvalue weighted by Gasteiger charge is 2.33. The Morgan fingerprint density at radius 3 is 2.81 bits per heavy atom. The zero-order chi connectivity index (χ0) is 15.5. The van der Waals surface area contributed by atoms with Crippen LogP contribution < -0.4 is 11.1 Å². The van der Waals surface area contributed by atoms with Crippen molar-refractivity contribution in [2.45, 2.75) is 19.0 Å². The van der Waals surface area contributed by atoms with E-state index in [9.17, 15) is 18.0 Å². The molecule has 0 radical (unpaired) electrons. The lowest BCUT2D eigenvalue weighted by Crippen LogP contribution is -2.33. The zero-order valence-corrected chi connectivity index (χ0v) is 11.4. The maximum atomic E-state index is 12.7. The van der Waals surface area contributed by atoms with E-state index in [1.165, 1.54) is 6.07 Å². The van der Waals surface area contributed by atoms with Gasteiger partial charge >= 0.3 is 6.18 Å². The molecule has 4 nitrogen and oxygen atoms in total. The molecule has 7 heteroatoms. The second-order valence-electron chi connectivity index (χ2n) is 5.09. The van der Waals surface area contributed by atoms with E-state index in [1.807, 2.05) is 0 Å². The normalized spacial score (nSPS) is 19.3. The van der Waals surface area contributed by atoms with Crippen LogP contribution in [0.15, 0.2) is 18.2 Å². The van der Waals surface area contributed by atoms with Gasteiger partial charge in [0.25, 0.3) is 5.91 Å². The molecule has 1 aliphatic rings. The molecule has 1 aliphatic heterocycles. The van der Waals surface area contributed by atoms with Crippen LogP contribution in [-0.2, 0) is 10.9 Å². The molecule has 0 aliphatic carbocycles. The summed E-state index contributed by atoms with van der Waals surface area (Å²) in [4.78, 5) is 11.9. The first-order valence-corrected chi connectivity index (χ1v) is 6.70. The predicted octanol–water partition coefficient (Wildman–Crippen LogP) is 2.44. The average molecular weight is 302 g/mol. The van der Waals surface area contributed by atoms with Crippen LogP contribution in [0.25, 0.3) is 0 Å². The summed E-state index contributed by atoms with van der Waals surface area (Å²) in [5.41, 5.74) is 3.87. The standard InChI is InChI=1S/C14H17F3N2O2/c15-14(16,17)11-6-10(3-4-12(11)18)13(20)19-7-9-2-1-5-21-8-9/h3-4,6,9H,1-2,5,7-8,18H2,(H,19,20). The molecule has 1 unspecified atom stereocenters. The van der Waals surface area contributed by atoms with Crippen molar-refractivity contribution in [1.29, 1.82) is 0 Å². The van der Waals surface area contributed by atoms with E-state index < -0.39 is 17.6 Å². The third kappa shape index (κ3) is 4.10. The fourth-order valence-electron chi connectivity index (χ4n) is 2.25. The number of halogens is 3. The van der Waals surface area contributed by atoms with Crippen LogP contribution in [0.1, 0.15) is 28.8 Å². The molecular weight excluding hydrogens is 285 g/mol. The van der Waals surface area contributed by atoms with Gasteiger partial charge in [0.05, 0.1) is 12.2 Å². The van der Waals surface area contributed by atoms with E-state index in [0.29, 0.717) is 13.2 Å². The summed E-state index contributed by atoms with van der Waals surface area (Å²) in [6.45, 7) is 1.68. The summed E-state index contributed by atoms with van der Waals surface area (Å²) in [6.07, 6.45) is -2.70. The number of anilines is 1. The van der Waals surface area contributed by atoms with Gasteiger partial charge in [0.2, 0.25) is 0 Å². The Morgan fingerprint density at radius 1 is 1.43 bits per heavy atom. The van der Waals surface area contributed by atoms with Gasteiger partial charge in [-0.05, 0) is 37.0 Å². The molecule has 0 spiro atoms. The maximum absolute atomic E-state index is 12.7. The van der Waals surface area contributed by atoms with E-state index in [1.54, 1.807) is 0 Å². The molecular formula is C14H17F3N2O2. The highest BCUT2D eigenvalue weighted by molar-refractivity contribution is 5.94. The Bertz CT molecular complexity index is 511. The summed E-state index contributed by atoms with van der Waals surface area (Å²) in [7, 11) is 0. The second kappa shape index (κ2) is 6.34. The summed E-state index contributed by atoms with van der Waals surface area (Å²) < 4.78 is 43.5. The van der Waals surface area contributed by atoms with Crippen molar-refractivity contribution in [2.24, 2.45) is 5.92 Å². The molecule has 2 rings (SSSR count). The van der Waals surface area contributed by atoms with Crippen molar-refractivity contribution in [3.63, 3.8) is 0 Å². The molecule has 3 N–H and O–H groups in total. The van der Waals surface area contributed by atoms with Crippen molar-refractivity contribution in [2.75, 3.05) is 25.5 Å². The molecule has 1 amide bonds. The Labute approximate surface area is 120 Å². The first kappa shape index (κ1) is 15.6. The fourth-order valence-corrected chi connectivity index (χ4v) is 2.25. The lowest BCUT2D eigenvalue weighted by Gasteiger charge is -2.22. The number of alkyl halides is 3. The van der Waals surface area contributed by atoms with E-state index in [0.717, 1.165) is 31.6 Å². The molecule has 116 valence electrons. The van der Waals surface area contributed by atoms with E-state index in [-0.39, 0.29) is 17.2 Å². The van der Waals surface area contributed by atoms with Crippen LogP contribution >= 0.6 is 0 Å². The van der Waals surface area contributed by atoms with Crippen LogP contribution in [0.2, 0.25) is 0 Å². The van der Waals surface area contributed by atoms with E-state index in [2.05, 4.69) is 5.32 Å². The summed E-state index contributed by atoms with van der Waals surface area (Å²) >= 11 is 0. The van der Waals surface area contributed by atoms with Gasteiger partial charge in [0.1, 0.15) is 0 Å².